The van der Waals surface area contributed by atoms with Gasteiger partial charge in [0.1, 0.15) is 5.82 Å². The number of benzene rings is 1. The summed E-state index contributed by atoms with van der Waals surface area (Å²) in [6, 6.07) is 5.54. The third kappa shape index (κ3) is 3.58. The lowest BCUT2D eigenvalue weighted by Gasteiger charge is -2.26. The molecule has 1 aliphatic carbocycles. The number of nitrogens with zero attached hydrogens (tertiary/aromatic N) is 2. The van der Waals surface area contributed by atoms with Gasteiger partial charge in [-0.05, 0) is 43.9 Å². The van der Waals surface area contributed by atoms with Crippen molar-refractivity contribution < 1.29 is 23.6 Å². The van der Waals surface area contributed by atoms with Gasteiger partial charge < -0.3 is 14.9 Å². The average Bonchev–Trinajstić information content (AvgIpc) is 3.05. The molecule has 1 aromatic heterocycles. The summed E-state index contributed by atoms with van der Waals surface area (Å²) in [5.74, 6) is -2.13. The molecule has 1 amide bonds. The van der Waals surface area contributed by atoms with E-state index >= 15 is 0 Å². The topological polar surface area (TPSA) is 105 Å². The second kappa shape index (κ2) is 6.77. The quantitative estimate of drug-likeness (QED) is 0.889. The minimum absolute atomic E-state index is 0.0641. The Morgan fingerprint density at radius 2 is 2.00 bits per heavy atom. The maximum Gasteiger partial charge on any atom is 0.306 e. The lowest BCUT2D eigenvalue weighted by molar-refractivity contribution is -0.142. The van der Waals surface area contributed by atoms with Crippen LogP contribution in [0.3, 0.4) is 0 Å². The summed E-state index contributed by atoms with van der Waals surface area (Å²) in [6.45, 7) is 0. The zero-order valence-electron chi connectivity index (χ0n) is 12.7. The van der Waals surface area contributed by atoms with Crippen LogP contribution < -0.4 is 5.32 Å². The molecule has 1 fully saturated rings. The number of carbonyl (C=O) groups excluding carboxylic acids is 1. The van der Waals surface area contributed by atoms with Crippen LogP contribution in [0, 0.1) is 11.7 Å². The van der Waals surface area contributed by atoms with Gasteiger partial charge in [-0.1, -0.05) is 11.2 Å². The van der Waals surface area contributed by atoms with E-state index in [4.69, 9.17) is 9.63 Å². The summed E-state index contributed by atoms with van der Waals surface area (Å²) >= 11 is 0. The molecular formula is C16H16FN3O4. The molecule has 0 aliphatic heterocycles. The van der Waals surface area contributed by atoms with E-state index in [0.29, 0.717) is 31.2 Å². The van der Waals surface area contributed by atoms with Gasteiger partial charge in [-0.15, -0.1) is 0 Å². The fourth-order valence-electron chi connectivity index (χ4n) is 2.79. The van der Waals surface area contributed by atoms with E-state index in [1.807, 2.05) is 0 Å². The van der Waals surface area contributed by atoms with Crippen molar-refractivity contribution >= 4 is 11.9 Å². The number of rotatable bonds is 4. The van der Waals surface area contributed by atoms with Gasteiger partial charge in [0.2, 0.25) is 0 Å². The highest BCUT2D eigenvalue weighted by molar-refractivity contribution is 5.90. The van der Waals surface area contributed by atoms with E-state index in [2.05, 4.69) is 15.5 Å². The van der Waals surface area contributed by atoms with Crippen LogP contribution in [0.1, 0.15) is 36.3 Å². The van der Waals surface area contributed by atoms with Gasteiger partial charge in [0, 0.05) is 11.6 Å². The SMILES string of the molecule is O=C(NC1CCC(C(=O)O)CC1)c1noc(-c2cccc(F)c2)n1. The smallest absolute Gasteiger partial charge is 0.306 e. The zero-order chi connectivity index (χ0) is 17.1. The van der Waals surface area contributed by atoms with Gasteiger partial charge in [-0.3, -0.25) is 9.59 Å². The first-order valence-corrected chi connectivity index (χ1v) is 7.66. The largest absolute Gasteiger partial charge is 0.481 e. The first-order chi connectivity index (χ1) is 11.5. The summed E-state index contributed by atoms with van der Waals surface area (Å²) < 4.78 is 18.2. The Hall–Kier alpha value is -2.77. The van der Waals surface area contributed by atoms with Crippen LogP contribution in [-0.4, -0.2) is 33.2 Å². The monoisotopic (exact) mass is 333 g/mol. The van der Waals surface area contributed by atoms with Gasteiger partial charge in [0.15, 0.2) is 0 Å². The van der Waals surface area contributed by atoms with Gasteiger partial charge in [0.25, 0.3) is 17.6 Å². The third-order valence-corrected chi connectivity index (χ3v) is 4.11. The molecule has 24 heavy (non-hydrogen) atoms. The number of hydrogen-bond acceptors (Lipinski definition) is 5. The predicted molar refractivity (Wildman–Crippen MR) is 80.5 cm³/mol. The molecule has 2 N–H and O–H groups in total. The van der Waals surface area contributed by atoms with Crippen LogP contribution in [0.2, 0.25) is 0 Å². The van der Waals surface area contributed by atoms with Crippen LogP contribution in [0.5, 0.6) is 0 Å². The van der Waals surface area contributed by atoms with Gasteiger partial charge in [-0.2, -0.15) is 4.98 Å². The second-order valence-electron chi connectivity index (χ2n) is 5.79. The van der Waals surface area contributed by atoms with Crippen LogP contribution >= 0.6 is 0 Å². The molecule has 1 saturated carbocycles. The highest BCUT2D eigenvalue weighted by Gasteiger charge is 2.28. The Balaban J connectivity index is 1.61. The van der Waals surface area contributed by atoms with E-state index in [0.717, 1.165) is 0 Å². The van der Waals surface area contributed by atoms with Gasteiger partial charge in [0.05, 0.1) is 5.92 Å². The van der Waals surface area contributed by atoms with Crippen molar-refractivity contribution in [2.75, 3.05) is 0 Å². The van der Waals surface area contributed by atoms with Crippen molar-refractivity contribution in [3.63, 3.8) is 0 Å². The van der Waals surface area contributed by atoms with Crippen molar-refractivity contribution in [2.45, 2.75) is 31.7 Å². The summed E-state index contributed by atoms with van der Waals surface area (Å²) in [5.41, 5.74) is 0.392. The first-order valence-electron chi connectivity index (χ1n) is 7.66. The minimum Gasteiger partial charge on any atom is -0.481 e. The highest BCUT2D eigenvalue weighted by atomic mass is 19.1. The van der Waals surface area contributed by atoms with Crippen molar-refractivity contribution in [3.8, 4) is 11.5 Å². The number of halogens is 1. The van der Waals surface area contributed by atoms with Crippen molar-refractivity contribution in [1.29, 1.82) is 0 Å². The van der Waals surface area contributed by atoms with Crippen molar-refractivity contribution in [3.05, 3.63) is 35.9 Å². The van der Waals surface area contributed by atoms with E-state index in [1.165, 1.54) is 18.2 Å². The lowest BCUT2D eigenvalue weighted by atomic mass is 9.86. The van der Waals surface area contributed by atoms with E-state index in [-0.39, 0.29) is 23.7 Å². The number of aliphatic carboxylic acids is 1. The number of amides is 1. The molecule has 0 bridgehead atoms. The third-order valence-electron chi connectivity index (χ3n) is 4.11. The van der Waals surface area contributed by atoms with E-state index < -0.39 is 17.7 Å². The molecule has 126 valence electrons. The Bertz CT molecular complexity index is 753. The molecule has 2 aromatic rings. The molecule has 0 spiro atoms. The fourth-order valence-corrected chi connectivity index (χ4v) is 2.79. The van der Waals surface area contributed by atoms with E-state index in [1.54, 1.807) is 6.07 Å². The molecule has 0 unspecified atom stereocenters. The van der Waals surface area contributed by atoms with Crippen molar-refractivity contribution in [1.82, 2.24) is 15.5 Å². The number of carbonyl (C=O) groups is 2. The second-order valence-corrected chi connectivity index (χ2v) is 5.79. The molecular weight excluding hydrogens is 317 g/mol. The first kappa shape index (κ1) is 16.1. The van der Waals surface area contributed by atoms with Crippen LogP contribution in [-0.2, 0) is 4.79 Å². The summed E-state index contributed by atoms with van der Waals surface area (Å²) in [4.78, 5) is 27.1. The number of carboxylic acids is 1. The zero-order valence-corrected chi connectivity index (χ0v) is 12.7. The fraction of sp³-hybridized carbons (Fsp3) is 0.375. The maximum absolute atomic E-state index is 13.2. The molecule has 0 atom stereocenters. The van der Waals surface area contributed by atoms with Gasteiger partial charge >= 0.3 is 5.97 Å². The number of aromatic nitrogens is 2. The number of carboxylic acid groups (broad SMARTS) is 1. The summed E-state index contributed by atoms with van der Waals surface area (Å²) in [6.07, 6.45) is 2.25. The predicted octanol–water partition coefficient (Wildman–Crippen LogP) is 2.25. The molecule has 8 heteroatoms. The molecule has 0 saturated heterocycles. The molecule has 7 nitrogen and oxygen atoms in total. The lowest BCUT2D eigenvalue weighted by Crippen LogP contribution is -2.39. The van der Waals surface area contributed by atoms with E-state index in [9.17, 15) is 14.0 Å². The van der Waals surface area contributed by atoms with Gasteiger partial charge in [-0.25, -0.2) is 4.39 Å². The number of nitrogens with one attached hydrogen (secondary N) is 1. The molecule has 1 aliphatic rings. The maximum atomic E-state index is 13.2. The Labute approximate surface area is 136 Å². The van der Waals surface area contributed by atoms with Crippen LogP contribution in [0.4, 0.5) is 4.39 Å². The standard InChI is InChI=1S/C16H16FN3O4/c17-11-3-1-2-10(8-11)15-19-13(20-24-15)14(21)18-12-6-4-9(5-7-12)16(22)23/h1-3,8-9,12H,4-7H2,(H,18,21)(H,22,23). The Kier molecular flexibility index (Phi) is 4.54. The van der Waals surface area contributed by atoms with Crippen LogP contribution in [0.15, 0.2) is 28.8 Å². The van der Waals surface area contributed by atoms with Crippen LogP contribution in [0.25, 0.3) is 11.5 Å². The molecule has 3 rings (SSSR count). The average molecular weight is 333 g/mol. The summed E-state index contributed by atoms with van der Waals surface area (Å²) in [7, 11) is 0. The summed E-state index contributed by atoms with van der Waals surface area (Å²) in [5, 5.41) is 15.4. The molecule has 1 heterocycles. The normalized spacial score (nSPS) is 20.5. The highest BCUT2D eigenvalue weighted by Crippen LogP contribution is 2.24. The minimum atomic E-state index is -0.794. The molecule has 0 radical (unpaired) electrons. The van der Waals surface area contributed by atoms with Crippen molar-refractivity contribution in [2.24, 2.45) is 5.92 Å². The Morgan fingerprint density at radius 3 is 2.67 bits per heavy atom. The number of hydrogen-bond donors (Lipinski definition) is 2. The Morgan fingerprint density at radius 1 is 1.25 bits per heavy atom. The molecule has 1 aromatic carbocycles.